The van der Waals surface area contributed by atoms with E-state index in [1.165, 1.54) is 24.8 Å². The summed E-state index contributed by atoms with van der Waals surface area (Å²) in [6, 6.07) is 5.03. The number of aromatic amines is 1. The molecule has 0 saturated heterocycles. The Hall–Kier alpha value is -2.75. The number of nitrogens with one attached hydrogen (secondary N) is 1. The number of nitrogens with zero attached hydrogens (tertiary/aromatic N) is 2. The molecule has 1 unspecified atom stereocenters. The molecule has 0 bridgehead atoms. The molecule has 9 heteroatoms. The van der Waals surface area contributed by atoms with Crippen LogP contribution in [0.4, 0.5) is 5.69 Å². The first-order chi connectivity index (χ1) is 12.6. The highest BCUT2D eigenvalue weighted by Gasteiger charge is 2.24. The molecule has 2 heterocycles. The number of ether oxygens (including phenoxy) is 1. The number of methoxy groups -OCH3 is 1. The molecule has 8 nitrogen and oxygen atoms in total. The highest BCUT2D eigenvalue weighted by atomic mass is 32.1. The van der Waals surface area contributed by atoms with Gasteiger partial charge < -0.3 is 20.0 Å². The summed E-state index contributed by atoms with van der Waals surface area (Å²) in [4.78, 5) is 27.4. The summed E-state index contributed by atoms with van der Waals surface area (Å²) in [7, 11) is 4.40. The molecule has 0 amide bonds. The summed E-state index contributed by atoms with van der Waals surface area (Å²) in [5, 5.41) is 10.8. The van der Waals surface area contributed by atoms with Crippen molar-refractivity contribution in [2.45, 2.75) is 6.54 Å². The van der Waals surface area contributed by atoms with Gasteiger partial charge in [0.15, 0.2) is 0 Å². The van der Waals surface area contributed by atoms with Crippen LogP contribution < -0.4 is 11.3 Å². The highest BCUT2D eigenvalue weighted by Crippen LogP contribution is 2.34. The fraction of sp³-hybridized carbons (Fsp3) is 0.222. The topological polar surface area (TPSA) is 110 Å². The minimum Gasteiger partial charge on any atom is -0.465 e. The number of hydrogen-bond acceptors (Lipinski definition) is 6. The predicted molar refractivity (Wildman–Crippen MR) is 105 cm³/mol. The Kier molecular flexibility index (Phi) is 4.77. The number of fused-ring (bicyclic) bond motifs is 1. The van der Waals surface area contributed by atoms with Crippen molar-refractivity contribution >= 4 is 35.4 Å². The third kappa shape index (κ3) is 3.57. The molecular weight excluding hydrogens is 368 g/mol. The zero-order valence-corrected chi connectivity index (χ0v) is 16.1. The van der Waals surface area contributed by atoms with Crippen LogP contribution in [0.15, 0.2) is 35.4 Å². The molecule has 0 radical (unpaired) electrons. The maximum absolute atomic E-state index is 12.3. The SMILES string of the molecule is COC(=O)c1cc(N)c(-c2cn(C)c(=O)c3[nH]ccc23)cc1C[N+](C)(O)S. The molecule has 4 N–H and O–H groups in total. The number of hydroxylamine groups is 2. The van der Waals surface area contributed by atoms with Gasteiger partial charge in [-0.3, -0.25) is 4.79 Å². The average molecular weight is 389 g/mol. The Balaban J connectivity index is 2.30. The number of nitrogens with two attached hydrogens (primary N) is 1. The normalized spacial score (nSPS) is 13.5. The van der Waals surface area contributed by atoms with E-state index in [9.17, 15) is 14.8 Å². The summed E-state index contributed by atoms with van der Waals surface area (Å²) in [5.41, 5.74) is 9.03. The molecule has 1 aromatic carbocycles. The van der Waals surface area contributed by atoms with Gasteiger partial charge >= 0.3 is 5.97 Å². The largest absolute Gasteiger partial charge is 0.465 e. The fourth-order valence-corrected chi connectivity index (χ4v) is 3.28. The van der Waals surface area contributed by atoms with E-state index >= 15 is 0 Å². The first kappa shape index (κ1) is 19.0. The molecule has 142 valence electrons. The second kappa shape index (κ2) is 6.76. The van der Waals surface area contributed by atoms with Gasteiger partial charge in [-0.05, 0) is 18.2 Å². The molecule has 0 aliphatic rings. The number of anilines is 1. The van der Waals surface area contributed by atoms with Crippen LogP contribution in [0, 0.1) is 0 Å². The van der Waals surface area contributed by atoms with Gasteiger partial charge in [-0.1, -0.05) is 0 Å². The Morgan fingerprint density at radius 1 is 1.41 bits per heavy atom. The number of rotatable bonds is 4. The third-order valence-electron chi connectivity index (χ3n) is 4.33. The van der Waals surface area contributed by atoms with Crippen molar-refractivity contribution in [3.63, 3.8) is 0 Å². The Morgan fingerprint density at radius 2 is 2.11 bits per heavy atom. The third-order valence-corrected chi connectivity index (χ3v) is 4.48. The molecule has 1 atom stereocenters. The van der Waals surface area contributed by atoms with Crippen molar-refractivity contribution in [2.24, 2.45) is 7.05 Å². The summed E-state index contributed by atoms with van der Waals surface area (Å²) < 4.78 is 5.62. The lowest BCUT2D eigenvalue weighted by atomic mass is 9.96. The van der Waals surface area contributed by atoms with Gasteiger partial charge in [0.25, 0.3) is 5.56 Å². The van der Waals surface area contributed by atoms with Gasteiger partial charge in [-0.2, -0.15) is 0 Å². The number of esters is 1. The van der Waals surface area contributed by atoms with E-state index in [-0.39, 0.29) is 17.7 Å². The van der Waals surface area contributed by atoms with Crippen LogP contribution in [0.3, 0.4) is 0 Å². The molecule has 3 rings (SSSR count). The highest BCUT2D eigenvalue weighted by molar-refractivity contribution is 7.74. The smallest absolute Gasteiger partial charge is 0.338 e. The number of thiol groups is 1. The molecule has 2 aromatic heterocycles. The number of carbonyl (C=O) groups is 1. The van der Waals surface area contributed by atoms with Crippen molar-refractivity contribution < 1.29 is 18.8 Å². The van der Waals surface area contributed by atoms with Crippen LogP contribution in [0.25, 0.3) is 22.0 Å². The molecule has 27 heavy (non-hydrogen) atoms. The Labute approximate surface area is 160 Å². The second-order valence-corrected chi connectivity index (χ2v) is 7.42. The maximum atomic E-state index is 12.3. The van der Waals surface area contributed by atoms with Crippen molar-refractivity contribution in [3.8, 4) is 11.1 Å². The summed E-state index contributed by atoms with van der Waals surface area (Å²) in [5.74, 6) is -0.558. The van der Waals surface area contributed by atoms with Crippen molar-refractivity contribution in [2.75, 3.05) is 19.9 Å². The van der Waals surface area contributed by atoms with Crippen molar-refractivity contribution in [1.29, 1.82) is 0 Å². The summed E-state index contributed by atoms with van der Waals surface area (Å²) in [6.45, 7) is 0.0445. The van der Waals surface area contributed by atoms with E-state index in [2.05, 4.69) is 17.8 Å². The molecule has 0 saturated carbocycles. The van der Waals surface area contributed by atoms with E-state index in [0.717, 1.165) is 5.56 Å². The van der Waals surface area contributed by atoms with Crippen LogP contribution in [0.5, 0.6) is 0 Å². The van der Waals surface area contributed by atoms with E-state index in [1.54, 1.807) is 31.6 Å². The number of benzene rings is 1. The van der Waals surface area contributed by atoms with Gasteiger partial charge in [-0.25, -0.2) is 10.0 Å². The molecule has 0 aliphatic heterocycles. The van der Waals surface area contributed by atoms with Gasteiger partial charge in [-0.15, -0.1) is 4.05 Å². The first-order valence-corrected chi connectivity index (χ1v) is 8.51. The number of quaternary nitrogens is 1. The maximum Gasteiger partial charge on any atom is 0.338 e. The minimum absolute atomic E-state index is 0.0445. The van der Waals surface area contributed by atoms with Crippen LogP contribution in [-0.2, 0) is 18.3 Å². The predicted octanol–water partition coefficient (Wildman–Crippen LogP) is 2.08. The quantitative estimate of drug-likeness (QED) is 0.180. The number of pyridine rings is 1. The molecule has 0 fully saturated rings. The number of aryl methyl sites for hydroxylation is 1. The Bertz CT molecular complexity index is 1100. The van der Waals surface area contributed by atoms with Crippen molar-refractivity contribution in [3.05, 3.63) is 52.1 Å². The van der Waals surface area contributed by atoms with E-state index in [1.807, 2.05) is 0 Å². The zero-order chi connectivity index (χ0) is 19.9. The molecule has 0 spiro atoms. The summed E-state index contributed by atoms with van der Waals surface area (Å²) in [6.07, 6.45) is 3.38. The van der Waals surface area contributed by atoms with Gasteiger partial charge in [0.2, 0.25) is 0 Å². The van der Waals surface area contributed by atoms with Gasteiger partial charge in [0.1, 0.15) is 19.1 Å². The monoisotopic (exact) mass is 389 g/mol. The lowest BCUT2D eigenvalue weighted by Gasteiger charge is -2.20. The number of nitrogen functional groups attached to an aromatic ring is 1. The van der Waals surface area contributed by atoms with Crippen LogP contribution >= 0.6 is 12.8 Å². The van der Waals surface area contributed by atoms with Crippen LogP contribution in [-0.4, -0.2) is 38.9 Å². The number of aromatic nitrogens is 2. The number of hydrogen-bond donors (Lipinski definition) is 4. The fourth-order valence-electron chi connectivity index (χ4n) is 3.13. The summed E-state index contributed by atoms with van der Waals surface area (Å²) >= 11 is 4.10. The lowest BCUT2D eigenvalue weighted by Crippen LogP contribution is -2.29. The average Bonchev–Trinajstić information content (AvgIpc) is 3.07. The molecule has 3 aromatic rings. The van der Waals surface area contributed by atoms with Crippen LogP contribution in [0.2, 0.25) is 0 Å². The minimum atomic E-state index is -0.666. The van der Waals surface area contributed by atoms with E-state index < -0.39 is 10.0 Å². The standard InChI is InChI=1S/C18H20N4O4S/c1-21-8-14(11-4-5-20-16(11)17(21)23)13-6-10(9-22(2,25)27)12(7-15(13)19)18(24)26-3/h4-8,25,27H,9,19H2,1-3H3/p+1. The van der Waals surface area contributed by atoms with E-state index in [0.29, 0.717) is 27.7 Å². The van der Waals surface area contributed by atoms with Gasteiger partial charge in [0.05, 0.1) is 25.5 Å². The number of H-pyrrole nitrogens is 1. The Morgan fingerprint density at radius 3 is 2.74 bits per heavy atom. The van der Waals surface area contributed by atoms with Crippen molar-refractivity contribution in [1.82, 2.24) is 9.55 Å². The molecule has 0 aliphatic carbocycles. The second-order valence-electron chi connectivity index (χ2n) is 6.56. The zero-order valence-electron chi connectivity index (χ0n) is 15.2. The first-order valence-electron chi connectivity index (χ1n) is 8.11. The number of carbonyl (C=O) groups excluding carboxylic acids is 1. The lowest BCUT2D eigenvalue weighted by molar-refractivity contribution is -0.985. The van der Waals surface area contributed by atoms with Gasteiger partial charge in [0, 0.05) is 47.2 Å². The van der Waals surface area contributed by atoms with E-state index in [4.69, 9.17) is 10.5 Å². The van der Waals surface area contributed by atoms with Crippen LogP contribution in [0.1, 0.15) is 15.9 Å². The molecular formula is C18H21N4O4S+.